The van der Waals surface area contributed by atoms with Crippen LogP contribution in [0.5, 0.6) is 0 Å². The number of allylic oxidation sites excluding steroid dienone is 1. The summed E-state index contributed by atoms with van der Waals surface area (Å²) in [5, 5.41) is 0. The molecule has 0 atom stereocenters. The highest BCUT2D eigenvalue weighted by Gasteiger charge is 1.96. The van der Waals surface area contributed by atoms with Crippen LogP contribution in [0.4, 0.5) is 0 Å². The average molecular weight is 211 g/mol. The molecule has 0 fully saturated rings. The molecular weight excluding hydrogens is 186 g/mol. The molecule has 0 amide bonds. The number of aldehydes is 1. The van der Waals surface area contributed by atoms with Crippen LogP contribution < -0.4 is 0 Å². The largest absolute Gasteiger partial charge is 0.383 e. The van der Waals surface area contributed by atoms with Gasteiger partial charge in [-0.1, -0.05) is 39.0 Å². The first-order valence-corrected chi connectivity index (χ1v) is 6.03. The lowest BCUT2D eigenvalue weighted by Gasteiger charge is -2.07. The van der Waals surface area contributed by atoms with Crippen molar-refractivity contribution in [1.29, 1.82) is 0 Å². The Morgan fingerprint density at radius 2 is 1.67 bits per heavy atom. The van der Waals surface area contributed by atoms with Crippen LogP contribution in [0.2, 0.25) is 0 Å². The third-order valence-electron chi connectivity index (χ3n) is 2.39. The first-order chi connectivity index (χ1) is 7.20. The minimum absolute atomic E-state index is 0.912. The maximum absolute atomic E-state index is 10.7. The molecule has 0 unspecified atom stereocenters. The predicted molar refractivity (Wildman–Crippen MR) is 65.8 cm³/mol. The molecule has 0 spiro atoms. The minimum atomic E-state index is 0.912. The van der Waals surface area contributed by atoms with Gasteiger partial charge in [-0.2, -0.15) is 0 Å². The van der Waals surface area contributed by atoms with Crippen LogP contribution >= 0.6 is 0 Å². The molecule has 0 saturated carbocycles. The molecule has 0 radical (unpaired) electrons. The molecule has 0 aromatic heterocycles. The minimum Gasteiger partial charge on any atom is -0.383 e. The topological polar surface area (TPSA) is 20.3 Å². The van der Waals surface area contributed by atoms with Crippen LogP contribution in [0.15, 0.2) is 11.8 Å². The Kier molecular flexibility index (Phi) is 9.24. The fourth-order valence-corrected chi connectivity index (χ4v) is 1.60. The van der Waals surface area contributed by atoms with Crippen molar-refractivity contribution >= 4 is 6.29 Å². The normalized spacial score (nSPS) is 11.5. The lowest BCUT2D eigenvalue weighted by atomic mass is 10.1. The summed E-state index contributed by atoms with van der Waals surface area (Å²) in [6, 6.07) is 0. The van der Waals surface area contributed by atoms with E-state index >= 15 is 0 Å². The number of carbonyl (C=O) groups excluding carboxylic acids is 1. The van der Waals surface area contributed by atoms with Gasteiger partial charge >= 0.3 is 0 Å². The van der Waals surface area contributed by atoms with Gasteiger partial charge in [-0.3, -0.25) is 4.79 Å². The van der Waals surface area contributed by atoms with Gasteiger partial charge in [0, 0.05) is 25.9 Å². The highest BCUT2D eigenvalue weighted by molar-refractivity contribution is 5.72. The van der Waals surface area contributed by atoms with Gasteiger partial charge in [-0.15, -0.1) is 0 Å². The van der Waals surface area contributed by atoms with Crippen molar-refractivity contribution < 1.29 is 4.79 Å². The van der Waals surface area contributed by atoms with Crippen molar-refractivity contribution in [1.82, 2.24) is 4.90 Å². The van der Waals surface area contributed by atoms with Gasteiger partial charge in [0.2, 0.25) is 0 Å². The smallest absolute Gasteiger partial charge is 0.147 e. The zero-order valence-electron chi connectivity index (χ0n) is 10.5. The van der Waals surface area contributed by atoms with E-state index in [4.69, 9.17) is 0 Å². The fourth-order valence-electron chi connectivity index (χ4n) is 1.60. The van der Waals surface area contributed by atoms with E-state index in [9.17, 15) is 4.79 Å². The Labute approximate surface area is 94.4 Å². The van der Waals surface area contributed by atoms with E-state index in [1.807, 2.05) is 25.2 Å². The fraction of sp³-hybridized carbons (Fsp3) is 0.769. The van der Waals surface area contributed by atoms with Crippen molar-refractivity contribution in [3.8, 4) is 0 Å². The highest BCUT2D eigenvalue weighted by atomic mass is 16.1. The zero-order chi connectivity index (χ0) is 11.5. The molecule has 0 bridgehead atoms. The van der Waals surface area contributed by atoms with Crippen LogP contribution in [0, 0.1) is 0 Å². The van der Waals surface area contributed by atoms with Crippen LogP contribution in [0.3, 0.4) is 0 Å². The van der Waals surface area contributed by atoms with Crippen LogP contribution in [0.1, 0.15) is 51.9 Å². The molecule has 88 valence electrons. The molecule has 0 N–H and O–H groups in total. The molecule has 0 aliphatic carbocycles. The molecule has 2 nitrogen and oxygen atoms in total. The Balaban J connectivity index is 3.51. The Morgan fingerprint density at radius 3 is 2.20 bits per heavy atom. The molecule has 15 heavy (non-hydrogen) atoms. The number of rotatable bonds is 9. The zero-order valence-corrected chi connectivity index (χ0v) is 10.5. The van der Waals surface area contributed by atoms with Gasteiger partial charge in [0.05, 0.1) is 0 Å². The number of hydrogen-bond donors (Lipinski definition) is 0. The van der Waals surface area contributed by atoms with Crippen molar-refractivity contribution in [2.24, 2.45) is 0 Å². The lowest BCUT2D eigenvalue weighted by molar-refractivity contribution is -0.105. The van der Waals surface area contributed by atoms with Crippen molar-refractivity contribution in [3.05, 3.63) is 11.8 Å². The molecule has 0 aliphatic rings. The van der Waals surface area contributed by atoms with E-state index in [0.717, 1.165) is 24.7 Å². The second-order valence-corrected chi connectivity index (χ2v) is 4.30. The standard InChI is InChI=1S/C13H25NO/c1-4-5-6-7-8-9-10-13(12-15)11-14(2)3/h11-12H,4-10H2,1-3H3/b13-11+. The Morgan fingerprint density at radius 1 is 1.07 bits per heavy atom. The summed E-state index contributed by atoms with van der Waals surface area (Å²) in [7, 11) is 3.90. The summed E-state index contributed by atoms with van der Waals surface area (Å²) in [5.41, 5.74) is 0.912. The molecule has 0 aliphatic heterocycles. The maximum Gasteiger partial charge on any atom is 0.147 e. The van der Waals surface area contributed by atoms with Crippen LogP contribution in [0.25, 0.3) is 0 Å². The van der Waals surface area contributed by atoms with E-state index in [1.165, 1.54) is 32.1 Å². The Bertz CT molecular complexity index is 185. The van der Waals surface area contributed by atoms with E-state index in [2.05, 4.69) is 6.92 Å². The number of hydrogen-bond acceptors (Lipinski definition) is 2. The highest BCUT2D eigenvalue weighted by Crippen LogP contribution is 2.10. The number of nitrogens with zero attached hydrogens (tertiary/aromatic N) is 1. The van der Waals surface area contributed by atoms with Crippen molar-refractivity contribution in [2.75, 3.05) is 14.1 Å². The lowest BCUT2D eigenvalue weighted by Crippen LogP contribution is -2.03. The summed E-state index contributed by atoms with van der Waals surface area (Å²) in [5.74, 6) is 0. The van der Waals surface area contributed by atoms with Crippen molar-refractivity contribution in [2.45, 2.75) is 51.9 Å². The van der Waals surface area contributed by atoms with Gasteiger partial charge in [0.25, 0.3) is 0 Å². The molecule has 0 aromatic carbocycles. The average Bonchev–Trinajstić information content (AvgIpc) is 2.20. The first kappa shape index (κ1) is 14.2. The summed E-state index contributed by atoms with van der Waals surface area (Å²) in [4.78, 5) is 12.6. The predicted octanol–water partition coefficient (Wildman–Crippen LogP) is 3.38. The van der Waals surface area contributed by atoms with E-state index in [1.54, 1.807) is 0 Å². The first-order valence-electron chi connectivity index (χ1n) is 6.03. The third-order valence-corrected chi connectivity index (χ3v) is 2.39. The molecule has 2 heteroatoms. The molecular formula is C13H25NO. The van der Waals surface area contributed by atoms with Gasteiger partial charge in [0.15, 0.2) is 0 Å². The number of unbranched alkanes of at least 4 members (excludes halogenated alkanes) is 5. The number of carbonyl (C=O) groups is 1. The summed E-state index contributed by atoms with van der Waals surface area (Å²) in [6.07, 6.45) is 11.5. The van der Waals surface area contributed by atoms with Gasteiger partial charge < -0.3 is 4.90 Å². The molecule has 0 heterocycles. The summed E-state index contributed by atoms with van der Waals surface area (Å²) < 4.78 is 0. The van der Waals surface area contributed by atoms with Gasteiger partial charge in [-0.25, -0.2) is 0 Å². The Hall–Kier alpha value is -0.790. The second-order valence-electron chi connectivity index (χ2n) is 4.30. The molecule has 0 rings (SSSR count). The van der Waals surface area contributed by atoms with E-state index in [-0.39, 0.29) is 0 Å². The van der Waals surface area contributed by atoms with Gasteiger partial charge in [-0.05, 0) is 12.8 Å². The molecule has 0 saturated heterocycles. The van der Waals surface area contributed by atoms with E-state index < -0.39 is 0 Å². The second kappa shape index (κ2) is 9.75. The summed E-state index contributed by atoms with van der Waals surface area (Å²) >= 11 is 0. The summed E-state index contributed by atoms with van der Waals surface area (Å²) in [6.45, 7) is 2.23. The van der Waals surface area contributed by atoms with Crippen LogP contribution in [-0.4, -0.2) is 25.3 Å². The monoisotopic (exact) mass is 211 g/mol. The maximum atomic E-state index is 10.7. The SMILES string of the molecule is CCCCCCCC/C(C=O)=C\N(C)C. The van der Waals surface area contributed by atoms with E-state index in [0.29, 0.717) is 0 Å². The van der Waals surface area contributed by atoms with Crippen molar-refractivity contribution in [3.63, 3.8) is 0 Å². The quantitative estimate of drug-likeness (QED) is 0.331. The third kappa shape index (κ3) is 9.51. The molecule has 0 aromatic rings. The van der Waals surface area contributed by atoms with Crippen LogP contribution in [-0.2, 0) is 4.79 Å². The van der Waals surface area contributed by atoms with Gasteiger partial charge in [0.1, 0.15) is 6.29 Å².